The fourth-order valence-electron chi connectivity index (χ4n) is 3.18. The van der Waals surface area contributed by atoms with Gasteiger partial charge in [0, 0.05) is 34.7 Å². The fraction of sp³-hybridized carbons (Fsp3) is 0.381. The Morgan fingerprint density at radius 1 is 1.11 bits per heavy atom. The van der Waals surface area contributed by atoms with Crippen LogP contribution in [0.1, 0.15) is 18.4 Å². The average Bonchev–Trinajstić information content (AvgIpc) is 2.69. The zero-order chi connectivity index (χ0) is 19.1. The maximum atomic E-state index is 12.9. The van der Waals surface area contributed by atoms with E-state index in [1.807, 2.05) is 36.0 Å². The highest BCUT2D eigenvalue weighted by Gasteiger charge is 2.24. The summed E-state index contributed by atoms with van der Waals surface area (Å²) in [6.07, 6.45) is 1.78. The Kier molecular flexibility index (Phi) is 7.56. The van der Waals surface area contributed by atoms with Crippen LogP contribution in [0.2, 0.25) is 5.02 Å². The molecule has 0 unspecified atom stereocenters. The van der Waals surface area contributed by atoms with Gasteiger partial charge in [0.25, 0.3) is 0 Å². The zero-order valence-corrected chi connectivity index (χ0v) is 16.7. The average molecular weight is 407 g/mol. The summed E-state index contributed by atoms with van der Waals surface area (Å²) < 4.78 is 12.9. The molecule has 1 N–H and O–H groups in total. The van der Waals surface area contributed by atoms with E-state index in [1.54, 1.807) is 12.1 Å². The van der Waals surface area contributed by atoms with E-state index in [4.69, 9.17) is 11.6 Å². The number of halogens is 2. The summed E-state index contributed by atoms with van der Waals surface area (Å²) in [6.45, 7) is 3.39. The van der Waals surface area contributed by atoms with Gasteiger partial charge in [0.15, 0.2) is 0 Å². The van der Waals surface area contributed by atoms with Gasteiger partial charge >= 0.3 is 0 Å². The molecule has 0 spiro atoms. The standard InChI is InChI=1S/C21H24ClFN2OS/c22-18-3-7-20(8-4-18)27-14-13-25-11-9-17(10-12-25)21(26)24-15-16-1-5-19(23)6-2-16/h1-8,17H,9-15H2,(H,24,26). The first-order chi connectivity index (χ1) is 13.1. The smallest absolute Gasteiger partial charge is 0.223 e. The predicted octanol–water partition coefficient (Wildman–Crippen LogP) is 4.60. The van der Waals surface area contributed by atoms with Gasteiger partial charge in [-0.1, -0.05) is 23.7 Å². The highest BCUT2D eigenvalue weighted by Crippen LogP contribution is 2.22. The Hall–Kier alpha value is -1.56. The van der Waals surface area contributed by atoms with E-state index >= 15 is 0 Å². The van der Waals surface area contributed by atoms with Crippen LogP contribution < -0.4 is 5.32 Å². The van der Waals surface area contributed by atoms with E-state index in [0.29, 0.717) is 6.54 Å². The molecule has 1 aliphatic heterocycles. The minimum absolute atomic E-state index is 0.0746. The summed E-state index contributed by atoms with van der Waals surface area (Å²) in [5, 5.41) is 3.74. The number of rotatable bonds is 7. The number of carbonyl (C=O) groups is 1. The number of nitrogens with zero attached hydrogens (tertiary/aromatic N) is 1. The van der Waals surface area contributed by atoms with Crippen molar-refractivity contribution in [3.63, 3.8) is 0 Å². The lowest BCUT2D eigenvalue weighted by Gasteiger charge is -2.31. The third-order valence-electron chi connectivity index (χ3n) is 4.83. The topological polar surface area (TPSA) is 32.3 Å². The van der Waals surface area contributed by atoms with E-state index in [9.17, 15) is 9.18 Å². The molecule has 3 nitrogen and oxygen atoms in total. The number of likely N-dealkylation sites (tertiary alicyclic amines) is 1. The molecule has 0 bridgehead atoms. The molecule has 1 amide bonds. The number of nitrogens with one attached hydrogen (secondary N) is 1. The van der Waals surface area contributed by atoms with Gasteiger partial charge in [-0.3, -0.25) is 4.79 Å². The lowest BCUT2D eigenvalue weighted by molar-refractivity contribution is -0.126. The summed E-state index contributed by atoms with van der Waals surface area (Å²) in [4.78, 5) is 16.0. The molecule has 0 aliphatic carbocycles. The SMILES string of the molecule is O=C(NCc1ccc(F)cc1)C1CCN(CCSc2ccc(Cl)cc2)CC1. The second-order valence-corrected chi connectivity index (χ2v) is 8.37. The highest BCUT2D eigenvalue weighted by molar-refractivity contribution is 7.99. The quantitative estimate of drug-likeness (QED) is 0.682. The van der Waals surface area contributed by atoms with E-state index in [2.05, 4.69) is 10.2 Å². The van der Waals surface area contributed by atoms with Gasteiger partial charge in [-0.05, 0) is 67.9 Å². The number of piperidine rings is 1. The third-order valence-corrected chi connectivity index (χ3v) is 6.07. The molecule has 0 radical (unpaired) electrons. The molecule has 0 atom stereocenters. The Morgan fingerprint density at radius 3 is 2.44 bits per heavy atom. The van der Waals surface area contributed by atoms with Gasteiger partial charge in [0.05, 0.1) is 0 Å². The van der Waals surface area contributed by atoms with Crippen molar-refractivity contribution in [1.29, 1.82) is 0 Å². The van der Waals surface area contributed by atoms with Crippen molar-refractivity contribution in [1.82, 2.24) is 10.2 Å². The minimum atomic E-state index is -0.258. The largest absolute Gasteiger partial charge is 0.352 e. The number of carbonyl (C=O) groups excluding carboxylic acids is 1. The molecule has 1 heterocycles. The molecule has 0 aromatic heterocycles. The van der Waals surface area contributed by atoms with Crippen LogP contribution in [-0.4, -0.2) is 36.2 Å². The van der Waals surface area contributed by atoms with Gasteiger partial charge in [0.2, 0.25) is 5.91 Å². The molecule has 1 fully saturated rings. The molecular formula is C21H24ClFN2OS. The van der Waals surface area contributed by atoms with E-state index < -0.39 is 0 Å². The zero-order valence-electron chi connectivity index (χ0n) is 15.2. The number of thioether (sulfide) groups is 1. The molecule has 0 saturated carbocycles. The van der Waals surface area contributed by atoms with Crippen LogP contribution in [0.15, 0.2) is 53.4 Å². The fourth-order valence-corrected chi connectivity index (χ4v) is 4.22. The van der Waals surface area contributed by atoms with Crippen LogP contribution in [0.3, 0.4) is 0 Å². The Bertz CT molecular complexity index is 731. The van der Waals surface area contributed by atoms with Crippen molar-refractivity contribution in [2.75, 3.05) is 25.4 Å². The van der Waals surface area contributed by atoms with Crippen molar-refractivity contribution < 1.29 is 9.18 Å². The molecular weight excluding hydrogens is 383 g/mol. The molecule has 2 aromatic rings. The first-order valence-electron chi connectivity index (χ1n) is 9.23. The van der Waals surface area contributed by atoms with Crippen LogP contribution >= 0.6 is 23.4 Å². The van der Waals surface area contributed by atoms with Crippen molar-refractivity contribution in [2.24, 2.45) is 5.92 Å². The lowest BCUT2D eigenvalue weighted by Crippen LogP contribution is -2.41. The monoisotopic (exact) mass is 406 g/mol. The first kappa shape index (κ1) is 20.2. The highest BCUT2D eigenvalue weighted by atomic mass is 35.5. The normalized spacial score (nSPS) is 15.6. The van der Waals surface area contributed by atoms with Crippen molar-refractivity contribution >= 4 is 29.3 Å². The number of amides is 1. The predicted molar refractivity (Wildman–Crippen MR) is 110 cm³/mol. The molecule has 3 rings (SSSR count). The maximum Gasteiger partial charge on any atom is 0.223 e. The number of benzene rings is 2. The van der Waals surface area contributed by atoms with Gasteiger partial charge < -0.3 is 10.2 Å². The van der Waals surface area contributed by atoms with E-state index in [-0.39, 0.29) is 17.6 Å². The number of hydrogen-bond acceptors (Lipinski definition) is 3. The van der Waals surface area contributed by atoms with Gasteiger partial charge in [-0.2, -0.15) is 0 Å². The summed E-state index contributed by atoms with van der Waals surface area (Å²) in [5.74, 6) is 0.954. The van der Waals surface area contributed by atoms with Crippen LogP contribution in [0.25, 0.3) is 0 Å². The van der Waals surface area contributed by atoms with Gasteiger partial charge in [-0.15, -0.1) is 11.8 Å². The van der Waals surface area contributed by atoms with Crippen molar-refractivity contribution in [3.8, 4) is 0 Å². The first-order valence-corrected chi connectivity index (χ1v) is 10.6. The molecule has 27 heavy (non-hydrogen) atoms. The molecule has 1 aliphatic rings. The summed E-state index contributed by atoms with van der Waals surface area (Å²) in [5.41, 5.74) is 0.918. The maximum absolute atomic E-state index is 12.9. The van der Waals surface area contributed by atoms with E-state index in [0.717, 1.165) is 48.8 Å². The number of hydrogen-bond donors (Lipinski definition) is 1. The Morgan fingerprint density at radius 2 is 1.78 bits per heavy atom. The molecule has 144 valence electrons. The van der Waals surface area contributed by atoms with Crippen LogP contribution in [-0.2, 0) is 11.3 Å². The Balaban J connectivity index is 1.33. The third kappa shape index (κ3) is 6.52. The van der Waals surface area contributed by atoms with Crippen LogP contribution in [0.4, 0.5) is 4.39 Å². The minimum Gasteiger partial charge on any atom is -0.352 e. The van der Waals surface area contributed by atoms with Crippen LogP contribution in [0, 0.1) is 11.7 Å². The van der Waals surface area contributed by atoms with E-state index in [1.165, 1.54) is 17.0 Å². The Labute approximate surface area is 169 Å². The molecule has 2 aromatic carbocycles. The van der Waals surface area contributed by atoms with Crippen LogP contribution in [0.5, 0.6) is 0 Å². The second kappa shape index (κ2) is 10.1. The van der Waals surface area contributed by atoms with Crippen molar-refractivity contribution in [2.45, 2.75) is 24.3 Å². The lowest BCUT2D eigenvalue weighted by atomic mass is 9.96. The van der Waals surface area contributed by atoms with Gasteiger partial charge in [-0.25, -0.2) is 4.39 Å². The molecule has 6 heteroatoms. The summed E-state index contributed by atoms with van der Waals surface area (Å²) >= 11 is 7.74. The van der Waals surface area contributed by atoms with Gasteiger partial charge in [0.1, 0.15) is 5.82 Å². The summed E-state index contributed by atoms with van der Waals surface area (Å²) in [6, 6.07) is 14.2. The summed E-state index contributed by atoms with van der Waals surface area (Å²) in [7, 11) is 0. The molecule has 1 saturated heterocycles. The second-order valence-electron chi connectivity index (χ2n) is 6.76. The van der Waals surface area contributed by atoms with Crippen molar-refractivity contribution in [3.05, 3.63) is 64.9 Å².